The number of ether oxygens (including phenoxy) is 1. The van der Waals surface area contributed by atoms with Gasteiger partial charge >= 0.3 is 0 Å². The number of benzene rings is 1. The molecule has 0 radical (unpaired) electrons. The summed E-state index contributed by atoms with van der Waals surface area (Å²) in [5.41, 5.74) is 3.96. The molecule has 0 aliphatic carbocycles. The Kier molecular flexibility index (Phi) is 2.11. The van der Waals surface area contributed by atoms with Crippen LogP contribution in [0.1, 0.15) is 12.5 Å². The van der Waals surface area contributed by atoms with Crippen molar-refractivity contribution in [2.45, 2.75) is 19.9 Å². The molecule has 0 amide bonds. The molecule has 1 aromatic carbocycles. The summed E-state index contributed by atoms with van der Waals surface area (Å²) in [6.45, 7) is 7.05. The van der Waals surface area contributed by atoms with Gasteiger partial charge in [-0.05, 0) is 18.6 Å². The zero-order valence-corrected chi connectivity index (χ0v) is 9.84. The maximum atomic E-state index is 5.59. The molecule has 16 heavy (non-hydrogen) atoms. The van der Waals surface area contributed by atoms with Gasteiger partial charge in [0.25, 0.3) is 0 Å². The topological polar surface area (TPSA) is 33.3 Å². The lowest BCUT2D eigenvalue weighted by Gasteiger charge is -2.27. The normalized spacial score (nSPS) is 32.0. The van der Waals surface area contributed by atoms with Crippen molar-refractivity contribution in [1.29, 1.82) is 0 Å². The Morgan fingerprint density at radius 2 is 2.31 bits per heavy atom. The van der Waals surface area contributed by atoms with Gasteiger partial charge in [0, 0.05) is 12.0 Å². The minimum Gasteiger partial charge on any atom is -0.382 e. The summed E-state index contributed by atoms with van der Waals surface area (Å²) in [6.07, 6.45) is 0. The molecule has 0 bridgehead atoms. The second kappa shape index (κ2) is 3.39. The Labute approximate surface area is 96.2 Å². The Balaban J connectivity index is 2.00. The third kappa shape index (κ3) is 1.39. The fraction of sp³-hybridized carbons (Fsp3) is 0.538. The van der Waals surface area contributed by atoms with E-state index in [1.807, 2.05) is 0 Å². The maximum Gasteiger partial charge on any atom is 0.0675 e. The van der Waals surface area contributed by atoms with E-state index in [4.69, 9.17) is 4.74 Å². The van der Waals surface area contributed by atoms with Crippen molar-refractivity contribution in [3.05, 3.63) is 23.8 Å². The van der Waals surface area contributed by atoms with Gasteiger partial charge in [-0.3, -0.25) is 0 Å². The highest BCUT2D eigenvalue weighted by molar-refractivity contribution is 5.73. The van der Waals surface area contributed by atoms with Crippen LogP contribution in [0.15, 0.2) is 18.2 Å². The zero-order chi connectivity index (χ0) is 11.2. The second-order valence-corrected chi connectivity index (χ2v) is 5.22. The van der Waals surface area contributed by atoms with Crippen molar-refractivity contribution in [2.24, 2.45) is 5.41 Å². The lowest BCUT2D eigenvalue weighted by molar-refractivity contribution is 0.164. The van der Waals surface area contributed by atoms with Gasteiger partial charge in [0.2, 0.25) is 0 Å². The highest BCUT2D eigenvalue weighted by Crippen LogP contribution is 2.38. The minimum atomic E-state index is 0.200. The minimum absolute atomic E-state index is 0.200. The Hall–Kier alpha value is -1.22. The van der Waals surface area contributed by atoms with Crippen LogP contribution in [0, 0.1) is 12.3 Å². The molecule has 2 unspecified atom stereocenters. The van der Waals surface area contributed by atoms with E-state index < -0.39 is 0 Å². The van der Waals surface area contributed by atoms with Crippen molar-refractivity contribution in [3.8, 4) is 0 Å². The van der Waals surface area contributed by atoms with E-state index >= 15 is 0 Å². The summed E-state index contributed by atoms with van der Waals surface area (Å²) in [6, 6.07) is 6.80. The lowest BCUT2D eigenvalue weighted by atomic mass is 9.85. The monoisotopic (exact) mass is 218 g/mol. The van der Waals surface area contributed by atoms with Crippen LogP contribution in [0.3, 0.4) is 0 Å². The first kappa shape index (κ1) is 9.97. The van der Waals surface area contributed by atoms with Crippen molar-refractivity contribution < 1.29 is 4.74 Å². The predicted octanol–water partition coefficient (Wildman–Crippen LogP) is 2.24. The molecule has 2 heterocycles. The molecule has 1 saturated heterocycles. The summed E-state index contributed by atoms with van der Waals surface area (Å²) in [5, 5.41) is 7.18. The molecule has 2 atom stereocenters. The van der Waals surface area contributed by atoms with Crippen molar-refractivity contribution in [2.75, 3.05) is 30.4 Å². The molecule has 1 fully saturated rings. The van der Waals surface area contributed by atoms with E-state index in [0.717, 1.165) is 19.8 Å². The second-order valence-electron chi connectivity index (χ2n) is 5.22. The predicted molar refractivity (Wildman–Crippen MR) is 66.0 cm³/mol. The van der Waals surface area contributed by atoms with Crippen molar-refractivity contribution >= 4 is 11.4 Å². The lowest BCUT2D eigenvalue weighted by Crippen LogP contribution is -2.40. The van der Waals surface area contributed by atoms with Crippen molar-refractivity contribution in [1.82, 2.24) is 0 Å². The molecule has 0 spiro atoms. The Bertz CT molecular complexity index is 418. The van der Waals surface area contributed by atoms with Crippen LogP contribution in [-0.4, -0.2) is 25.8 Å². The third-order valence-electron chi connectivity index (χ3n) is 3.83. The third-order valence-corrected chi connectivity index (χ3v) is 3.83. The SMILES string of the molecule is Cc1cccc2c1NCC1(C)COCC1N2. The quantitative estimate of drug-likeness (QED) is 0.700. The van der Waals surface area contributed by atoms with E-state index in [0.29, 0.717) is 6.04 Å². The fourth-order valence-electron chi connectivity index (χ4n) is 2.60. The van der Waals surface area contributed by atoms with Gasteiger partial charge in [0.05, 0.1) is 30.6 Å². The van der Waals surface area contributed by atoms with Gasteiger partial charge in [-0.25, -0.2) is 0 Å². The fourth-order valence-corrected chi connectivity index (χ4v) is 2.60. The number of fused-ring (bicyclic) bond motifs is 2. The first-order chi connectivity index (χ1) is 7.69. The van der Waals surface area contributed by atoms with Gasteiger partial charge in [-0.15, -0.1) is 0 Å². The van der Waals surface area contributed by atoms with Crippen LogP contribution in [0.4, 0.5) is 11.4 Å². The molecule has 3 heteroatoms. The summed E-state index contributed by atoms with van der Waals surface area (Å²) < 4.78 is 5.59. The average Bonchev–Trinajstić information content (AvgIpc) is 2.53. The van der Waals surface area contributed by atoms with Crippen LogP contribution in [-0.2, 0) is 4.74 Å². The van der Waals surface area contributed by atoms with Gasteiger partial charge in [-0.1, -0.05) is 19.1 Å². The molecule has 2 N–H and O–H groups in total. The number of rotatable bonds is 0. The molecule has 0 aromatic heterocycles. The van der Waals surface area contributed by atoms with Gasteiger partial charge in [0.1, 0.15) is 0 Å². The smallest absolute Gasteiger partial charge is 0.0675 e. The number of hydrogen-bond acceptors (Lipinski definition) is 3. The van der Waals surface area contributed by atoms with E-state index in [2.05, 4.69) is 42.7 Å². The first-order valence-corrected chi connectivity index (χ1v) is 5.87. The van der Waals surface area contributed by atoms with Crippen LogP contribution in [0.2, 0.25) is 0 Å². The van der Waals surface area contributed by atoms with Gasteiger partial charge < -0.3 is 15.4 Å². The van der Waals surface area contributed by atoms with Crippen LogP contribution in [0.5, 0.6) is 0 Å². The summed E-state index contributed by atoms with van der Waals surface area (Å²) >= 11 is 0. The number of anilines is 2. The maximum absolute atomic E-state index is 5.59. The molecule has 2 aliphatic heterocycles. The van der Waals surface area contributed by atoms with Crippen molar-refractivity contribution in [3.63, 3.8) is 0 Å². The van der Waals surface area contributed by atoms with E-state index in [-0.39, 0.29) is 5.41 Å². The molecule has 1 aromatic rings. The Morgan fingerprint density at radius 1 is 1.44 bits per heavy atom. The molecule has 3 rings (SSSR count). The van der Waals surface area contributed by atoms with Gasteiger partial charge in [0.15, 0.2) is 0 Å². The molecule has 3 nitrogen and oxygen atoms in total. The highest BCUT2D eigenvalue weighted by Gasteiger charge is 2.41. The Morgan fingerprint density at radius 3 is 3.19 bits per heavy atom. The summed E-state index contributed by atoms with van der Waals surface area (Å²) in [4.78, 5) is 0. The number of aryl methyl sites for hydroxylation is 1. The molecule has 86 valence electrons. The van der Waals surface area contributed by atoms with E-state index in [1.54, 1.807) is 0 Å². The average molecular weight is 218 g/mol. The summed E-state index contributed by atoms with van der Waals surface area (Å²) in [5.74, 6) is 0. The molecule has 2 aliphatic rings. The molecular weight excluding hydrogens is 200 g/mol. The van der Waals surface area contributed by atoms with Gasteiger partial charge in [-0.2, -0.15) is 0 Å². The number of hydrogen-bond donors (Lipinski definition) is 2. The highest BCUT2D eigenvalue weighted by atomic mass is 16.5. The summed E-state index contributed by atoms with van der Waals surface area (Å²) in [7, 11) is 0. The number of para-hydroxylation sites is 1. The largest absolute Gasteiger partial charge is 0.382 e. The first-order valence-electron chi connectivity index (χ1n) is 5.87. The zero-order valence-electron chi connectivity index (χ0n) is 9.84. The number of nitrogens with one attached hydrogen (secondary N) is 2. The van der Waals surface area contributed by atoms with Crippen LogP contribution in [0.25, 0.3) is 0 Å². The molecule has 0 saturated carbocycles. The van der Waals surface area contributed by atoms with Crippen LogP contribution < -0.4 is 10.6 Å². The standard InChI is InChI=1S/C13H18N2O/c1-9-4-3-5-10-12(9)14-7-13(2)8-16-6-11(13)15-10/h3-5,11,14-15H,6-8H2,1-2H3. The van der Waals surface area contributed by atoms with E-state index in [9.17, 15) is 0 Å². The van der Waals surface area contributed by atoms with Crippen LogP contribution >= 0.6 is 0 Å². The van der Waals surface area contributed by atoms with E-state index in [1.165, 1.54) is 16.9 Å². The molecular formula is C13H18N2O.